The number of rotatable bonds is 6. The summed E-state index contributed by atoms with van der Waals surface area (Å²) < 4.78 is 6.77. The number of piperidine rings is 1. The minimum absolute atomic E-state index is 0.499. The Balaban J connectivity index is 1.65. The van der Waals surface area contributed by atoms with Crippen molar-refractivity contribution < 1.29 is 4.74 Å². The van der Waals surface area contributed by atoms with Crippen LogP contribution in [-0.4, -0.2) is 56.2 Å². The summed E-state index contributed by atoms with van der Waals surface area (Å²) in [6.45, 7) is 8.16. The van der Waals surface area contributed by atoms with Gasteiger partial charge in [0.15, 0.2) is 5.96 Å². The van der Waals surface area contributed by atoms with Crippen LogP contribution in [0.2, 0.25) is 0 Å². The fourth-order valence-electron chi connectivity index (χ4n) is 2.82. The molecule has 6 heteroatoms. The van der Waals surface area contributed by atoms with Gasteiger partial charge in [0.05, 0.1) is 6.54 Å². The van der Waals surface area contributed by atoms with Gasteiger partial charge in [-0.15, -0.1) is 0 Å². The highest BCUT2D eigenvalue weighted by atomic mass is 79.9. The van der Waals surface area contributed by atoms with Crippen LogP contribution in [0.25, 0.3) is 0 Å². The topological polar surface area (TPSA) is 48.9 Å². The van der Waals surface area contributed by atoms with Crippen LogP contribution in [0.4, 0.5) is 0 Å². The van der Waals surface area contributed by atoms with Crippen molar-refractivity contribution >= 4 is 21.9 Å². The highest BCUT2D eigenvalue weighted by Gasteiger charge is 2.21. The highest BCUT2D eigenvalue weighted by Crippen LogP contribution is 2.16. The molecule has 0 saturated carbocycles. The standard InChI is InChI=1S/C18H29BrN4O/c1-14(2)23-11-8-16(9-12-23)22-18(20-3)21-10-13-24-17-6-4-15(19)5-7-17/h4-7,14,16H,8-13H2,1-3H3,(H2,20,21,22). The van der Waals surface area contributed by atoms with Crippen molar-refractivity contribution in [2.45, 2.75) is 38.8 Å². The molecular weight excluding hydrogens is 368 g/mol. The molecule has 0 bridgehead atoms. The molecule has 0 atom stereocenters. The molecule has 1 heterocycles. The average molecular weight is 397 g/mol. The fourth-order valence-corrected chi connectivity index (χ4v) is 3.08. The van der Waals surface area contributed by atoms with Gasteiger partial charge in [-0.05, 0) is 51.0 Å². The fraction of sp³-hybridized carbons (Fsp3) is 0.611. The quantitative estimate of drug-likeness (QED) is 0.440. The zero-order chi connectivity index (χ0) is 17.4. The van der Waals surface area contributed by atoms with Crippen LogP contribution in [0.3, 0.4) is 0 Å². The number of ether oxygens (including phenoxy) is 1. The minimum atomic E-state index is 0.499. The van der Waals surface area contributed by atoms with Crippen molar-refractivity contribution in [3.63, 3.8) is 0 Å². The van der Waals surface area contributed by atoms with Crippen molar-refractivity contribution in [3.8, 4) is 5.75 Å². The van der Waals surface area contributed by atoms with Crippen LogP contribution in [0.15, 0.2) is 33.7 Å². The van der Waals surface area contributed by atoms with Gasteiger partial charge in [-0.25, -0.2) is 0 Å². The van der Waals surface area contributed by atoms with Gasteiger partial charge < -0.3 is 20.3 Å². The third kappa shape index (κ3) is 6.32. The smallest absolute Gasteiger partial charge is 0.191 e. The van der Waals surface area contributed by atoms with Crippen molar-refractivity contribution in [2.24, 2.45) is 4.99 Å². The Hall–Kier alpha value is -1.27. The summed E-state index contributed by atoms with van der Waals surface area (Å²) in [4.78, 5) is 6.84. The lowest BCUT2D eigenvalue weighted by atomic mass is 10.0. The lowest BCUT2D eigenvalue weighted by Crippen LogP contribution is -2.50. The molecule has 0 spiro atoms. The first-order valence-corrected chi connectivity index (χ1v) is 9.47. The maximum absolute atomic E-state index is 5.71. The number of hydrogen-bond acceptors (Lipinski definition) is 3. The van der Waals surface area contributed by atoms with E-state index >= 15 is 0 Å². The van der Waals surface area contributed by atoms with Crippen LogP contribution >= 0.6 is 15.9 Å². The van der Waals surface area contributed by atoms with Gasteiger partial charge in [0, 0.05) is 36.7 Å². The zero-order valence-corrected chi connectivity index (χ0v) is 16.5. The second-order valence-corrected chi connectivity index (χ2v) is 7.27. The van der Waals surface area contributed by atoms with Crippen LogP contribution in [0.1, 0.15) is 26.7 Å². The van der Waals surface area contributed by atoms with Gasteiger partial charge in [-0.3, -0.25) is 4.99 Å². The lowest BCUT2D eigenvalue weighted by molar-refractivity contribution is 0.167. The third-order valence-electron chi connectivity index (χ3n) is 4.30. The van der Waals surface area contributed by atoms with E-state index in [-0.39, 0.29) is 0 Å². The molecule has 0 amide bonds. The Bertz CT molecular complexity index is 510. The van der Waals surface area contributed by atoms with Crippen LogP contribution in [0, 0.1) is 0 Å². The SMILES string of the molecule is CN=C(NCCOc1ccc(Br)cc1)NC1CCN(C(C)C)CC1. The number of halogens is 1. The normalized spacial score (nSPS) is 17.1. The van der Waals surface area contributed by atoms with Gasteiger partial charge >= 0.3 is 0 Å². The Morgan fingerprint density at radius 2 is 1.96 bits per heavy atom. The Labute approximate surface area is 154 Å². The highest BCUT2D eigenvalue weighted by molar-refractivity contribution is 9.10. The average Bonchev–Trinajstić information content (AvgIpc) is 2.59. The number of likely N-dealkylation sites (tertiary alicyclic amines) is 1. The van der Waals surface area contributed by atoms with Crippen molar-refractivity contribution in [3.05, 3.63) is 28.7 Å². The number of nitrogens with zero attached hydrogens (tertiary/aromatic N) is 2. The zero-order valence-electron chi connectivity index (χ0n) is 14.9. The van der Waals surface area contributed by atoms with E-state index < -0.39 is 0 Å². The van der Waals surface area contributed by atoms with Crippen molar-refractivity contribution in [1.82, 2.24) is 15.5 Å². The first-order valence-electron chi connectivity index (χ1n) is 8.68. The summed E-state index contributed by atoms with van der Waals surface area (Å²) in [5.41, 5.74) is 0. The molecule has 1 saturated heterocycles. The molecule has 1 aliphatic rings. The molecule has 1 aliphatic heterocycles. The van der Waals surface area contributed by atoms with E-state index in [4.69, 9.17) is 4.74 Å². The molecule has 134 valence electrons. The van der Waals surface area contributed by atoms with Crippen LogP contribution in [-0.2, 0) is 0 Å². The maximum Gasteiger partial charge on any atom is 0.191 e. The van der Waals surface area contributed by atoms with Crippen LogP contribution < -0.4 is 15.4 Å². The Morgan fingerprint density at radius 3 is 2.54 bits per heavy atom. The van der Waals surface area contributed by atoms with Crippen LogP contribution in [0.5, 0.6) is 5.75 Å². The predicted molar refractivity (Wildman–Crippen MR) is 104 cm³/mol. The number of benzene rings is 1. The molecule has 2 N–H and O–H groups in total. The number of guanidine groups is 1. The summed E-state index contributed by atoms with van der Waals surface area (Å²) in [5, 5.41) is 6.85. The molecule has 0 unspecified atom stereocenters. The summed E-state index contributed by atoms with van der Waals surface area (Å²) in [6.07, 6.45) is 2.32. The first kappa shape index (κ1) is 19.1. The summed E-state index contributed by atoms with van der Waals surface area (Å²) in [6, 6.07) is 9.01. The second-order valence-electron chi connectivity index (χ2n) is 6.35. The van der Waals surface area contributed by atoms with E-state index in [2.05, 4.69) is 50.3 Å². The lowest BCUT2D eigenvalue weighted by Gasteiger charge is -2.35. The van der Waals surface area contributed by atoms with Gasteiger partial charge in [-0.2, -0.15) is 0 Å². The molecule has 5 nitrogen and oxygen atoms in total. The van der Waals surface area contributed by atoms with E-state index in [0.29, 0.717) is 18.7 Å². The molecule has 1 fully saturated rings. The van der Waals surface area contributed by atoms with Gasteiger partial charge in [0.1, 0.15) is 12.4 Å². The maximum atomic E-state index is 5.71. The third-order valence-corrected chi connectivity index (χ3v) is 4.83. The number of nitrogens with one attached hydrogen (secondary N) is 2. The van der Waals surface area contributed by atoms with Crippen molar-refractivity contribution in [2.75, 3.05) is 33.3 Å². The van der Waals surface area contributed by atoms with E-state index in [1.54, 1.807) is 0 Å². The molecule has 0 radical (unpaired) electrons. The second kappa shape index (κ2) is 9.89. The van der Waals surface area contributed by atoms with Crippen molar-refractivity contribution in [1.29, 1.82) is 0 Å². The van der Waals surface area contributed by atoms with E-state index in [0.717, 1.165) is 48.7 Å². The van der Waals surface area contributed by atoms with E-state index in [1.807, 2.05) is 31.3 Å². The van der Waals surface area contributed by atoms with E-state index in [9.17, 15) is 0 Å². The Morgan fingerprint density at radius 1 is 1.29 bits per heavy atom. The number of hydrogen-bond donors (Lipinski definition) is 2. The summed E-state index contributed by atoms with van der Waals surface area (Å²) in [5.74, 6) is 1.74. The molecule has 0 aliphatic carbocycles. The number of aliphatic imine (C=N–C) groups is 1. The van der Waals surface area contributed by atoms with Gasteiger partial charge in [-0.1, -0.05) is 15.9 Å². The minimum Gasteiger partial charge on any atom is -0.492 e. The Kier molecular flexibility index (Phi) is 7.85. The monoisotopic (exact) mass is 396 g/mol. The largest absolute Gasteiger partial charge is 0.492 e. The van der Waals surface area contributed by atoms with Gasteiger partial charge in [0.25, 0.3) is 0 Å². The summed E-state index contributed by atoms with van der Waals surface area (Å²) in [7, 11) is 1.81. The summed E-state index contributed by atoms with van der Waals surface area (Å²) >= 11 is 3.42. The van der Waals surface area contributed by atoms with Gasteiger partial charge in [0.2, 0.25) is 0 Å². The molecular formula is C18H29BrN4O. The molecule has 2 rings (SSSR count). The first-order chi connectivity index (χ1) is 11.6. The molecule has 1 aromatic rings. The molecule has 1 aromatic carbocycles. The molecule has 24 heavy (non-hydrogen) atoms. The van der Waals surface area contributed by atoms with E-state index in [1.165, 1.54) is 0 Å². The predicted octanol–water partition coefficient (Wildman–Crippen LogP) is 2.87. The molecule has 0 aromatic heterocycles.